The van der Waals surface area contributed by atoms with Gasteiger partial charge in [0.05, 0.1) is 11.9 Å². The van der Waals surface area contributed by atoms with Gasteiger partial charge in [0.1, 0.15) is 0 Å². The first-order chi connectivity index (χ1) is 5.29. The molecule has 0 aromatic carbocycles. The van der Waals surface area contributed by atoms with Crippen molar-refractivity contribution in [3.8, 4) is 0 Å². The van der Waals surface area contributed by atoms with Crippen molar-refractivity contribution < 1.29 is 40.2 Å². The summed E-state index contributed by atoms with van der Waals surface area (Å²) >= 11 is 0. The molecule has 0 rings (SSSR count). The molecule has 13 heavy (non-hydrogen) atoms. The minimum atomic E-state index is -2.34. The van der Waals surface area contributed by atoms with Gasteiger partial charge in [0, 0.05) is 0 Å². The van der Waals surface area contributed by atoms with Gasteiger partial charge in [-0.15, -0.1) is 0 Å². The molecule has 0 aromatic rings. The molecule has 9 heteroatoms. The number of carboxylic acids is 2. The smallest absolute Gasteiger partial charge is 0.545 e. The predicted octanol–water partition coefficient (Wildman–Crippen LogP) is -6.29. The summed E-state index contributed by atoms with van der Waals surface area (Å²) in [6.07, 6.45) is -4.69. The average Bonchev–Trinajstić information content (AvgIpc) is 1.88. The third-order valence-corrected chi connectivity index (χ3v) is 0.422. The van der Waals surface area contributed by atoms with Crippen LogP contribution >= 0.6 is 0 Å². The maximum atomic E-state index is 9.09. The maximum absolute atomic E-state index is 9.09. The molecule has 4 N–H and O–H groups in total. The van der Waals surface area contributed by atoms with Gasteiger partial charge in [0.2, 0.25) is 0 Å². The van der Waals surface area contributed by atoms with Crippen molar-refractivity contribution in [2.75, 3.05) is 0 Å². The largest absolute Gasteiger partial charge is 2.00 e. The Morgan fingerprint density at radius 2 is 0.923 bits per heavy atom. The van der Waals surface area contributed by atoms with Crippen molar-refractivity contribution in [2.24, 2.45) is 0 Å². The van der Waals surface area contributed by atoms with Gasteiger partial charge in [-0.25, -0.2) is 0 Å². The third kappa shape index (κ3) is 18.8. The summed E-state index contributed by atoms with van der Waals surface area (Å²) in [5.74, 6) is -3.76. The maximum Gasteiger partial charge on any atom is 2.00 e. The Balaban J connectivity index is -0.000000143. The van der Waals surface area contributed by atoms with E-state index in [0.717, 1.165) is 0 Å². The number of aliphatic hydroxyl groups excluding tert-OH is 2. The van der Waals surface area contributed by atoms with E-state index in [9.17, 15) is 0 Å². The number of carbonyl (C=O) groups excluding carboxylic acids is 2. The zero-order chi connectivity index (χ0) is 10.3. The van der Waals surface area contributed by atoms with Gasteiger partial charge in [-0.1, -0.05) is 0 Å². The summed E-state index contributed by atoms with van der Waals surface area (Å²) in [7, 11) is 0. The summed E-state index contributed by atoms with van der Waals surface area (Å²) in [6.45, 7) is 0. The molecule has 0 heterocycles. The molecular formula is C4H6CaO8. The predicted molar refractivity (Wildman–Crippen MR) is 32.2 cm³/mol. The number of hydrogen-bond acceptors (Lipinski definition) is 8. The molecule has 0 aliphatic carbocycles. The number of rotatable bonds is 2. The van der Waals surface area contributed by atoms with E-state index in [4.69, 9.17) is 40.2 Å². The Bertz CT molecular complexity index is 136. The van der Waals surface area contributed by atoms with E-state index >= 15 is 0 Å². The second-order valence-electron chi connectivity index (χ2n) is 1.39. The molecule has 0 bridgehead atoms. The standard InChI is InChI=1S/2C2H4O4.Ca/c2*3-1(4)2(5)6;/h2*1,3-4H,(H,5,6);/q;;+2/p-2. The zero-order valence-corrected chi connectivity index (χ0v) is 8.49. The molecule has 0 aromatic heterocycles. The van der Waals surface area contributed by atoms with Gasteiger partial charge in [0.25, 0.3) is 0 Å². The number of carboxylic acid groups (broad SMARTS) is 2. The molecule has 72 valence electrons. The zero-order valence-electron chi connectivity index (χ0n) is 6.28. The molecule has 0 saturated carbocycles. The number of carbonyl (C=O) groups is 2. The minimum absolute atomic E-state index is 0. The van der Waals surface area contributed by atoms with Crippen LogP contribution in [0.3, 0.4) is 0 Å². The van der Waals surface area contributed by atoms with Gasteiger partial charge in [-0.3, -0.25) is 0 Å². The van der Waals surface area contributed by atoms with Gasteiger partial charge < -0.3 is 40.2 Å². The third-order valence-electron chi connectivity index (χ3n) is 0.422. The Morgan fingerprint density at radius 3 is 0.923 bits per heavy atom. The Hall–Kier alpha value is 0.0397. The van der Waals surface area contributed by atoms with Crippen molar-refractivity contribution in [1.29, 1.82) is 0 Å². The second kappa shape index (κ2) is 10.1. The normalized spacial score (nSPS) is 8.46. The molecule has 0 atom stereocenters. The summed E-state index contributed by atoms with van der Waals surface area (Å²) in [5, 5.41) is 48.3. The van der Waals surface area contributed by atoms with Crippen molar-refractivity contribution >= 4 is 49.7 Å². The van der Waals surface area contributed by atoms with Gasteiger partial charge in [-0.05, 0) is 0 Å². The van der Waals surface area contributed by atoms with Crippen LogP contribution in [0.4, 0.5) is 0 Å². The quantitative estimate of drug-likeness (QED) is 0.265. The number of aliphatic carboxylic acids is 2. The van der Waals surface area contributed by atoms with E-state index in [1.807, 2.05) is 0 Å². The van der Waals surface area contributed by atoms with Gasteiger partial charge >= 0.3 is 37.7 Å². The summed E-state index contributed by atoms with van der Waals surface area (Å²) < 4.78 is 0. The summed E-state index contributed by atoms with van der Waals surface area (Å²) in [5.41, 5.74) is 0. The fourth-order valence-corrected chi connectivity index (χ4v) is 0. The molecule has 0 saturated heterocycles. The molecular weight excluding hydrogens is 216 g/mol. The topological polar surface area (TPSA) is 161 Å². The molecule has 8 nitrogen and oxygen atoms in total. The van der Waals surface area contributed by atoms with Crippen LogP contribution in [0.25, 0.3) is 0 Å². The molecule has 0 amide bonds. The van der Waals surface area contributed by atoms with Crippen LogP contribution in [0.15, 0.2) is 0 Å². The molecule has 0 aliphatic rings. The molecule has 0 spiro atoms. The van der Waals surface area contributed by atoms with E-state index in [0.29, 0.717) is 0 Å². The van der Waals surface area contributed by atoms with Crippen molar-refractivity contribution in [2.45, 2.75) is 12.6 Å². The number of hydrogen-bond donors (Lipinski definition) is 4. The van der Waals surface area contributed by atoms with Crippen molar-refractivity contribution in [3.05, 3.63) is 0 Å². The van der Waals surface area contributed by atoms with Gasteiger partial charge in [-0.2, -0.15) is 0 Å². The van der Waals surface area contributed by atoms with Crippen LogP contribution in [0, 0.1) is 0 Å². The first kappa shape index (κ1) is 18.8. The first-order valence-corrected chi connectivity index (χ1v) is 2.43. The van der Waals surface area contributed by atoms with E-state index in [2.05, 4.69) is 0 Å². The molecule has 0 aliphatic heterocycles. The average molecular weight is 222 g/mol. The Labute approximate surface area is 102 Å². The van der Waals surface area contributed by atoms with Crippen LogP contribution in [0.5, 0.6) is 0 Å². The van der Waals surface area contributed by atoms with Crippen LogP contribution < -0.4 is 10.2 Å². The van der Waals surface area contributed by atoms with Crippen molar-refractivity contribution in [1.82, 2.24) is 0 Å². The fraction of sp³-hybridized carbons (Fsp3) is 0.500. The van der Waals surface area contributed by atoms with Crippen LogP contribution in [-0.2, 0) is 9.59 Å². The second-order valence-corrected chi connectivity index (χ2v) is 1.39. The van der Waals surface area contributed by atoms with E-state index in [-0.39, 0.29) is 37.7 Å². The molecule has 0 unspecified atom stereocenters. The summed E-state index contributed by atoms with van der Waals surface area (Å²) in [4.78, 5) is 18.2. The monoisotopic (exact) mass is 222 g/mol. The Morgan fingerprint density at radius 1 is 0.846 bits per heavy atom. The first-order valence-electron chi connectivity index (χ1n) is 2.43. The number of aliphatic hydroxyl groups is 4. The molecule has 0 fully saturated rings. The van der Waals surface area contributed by atoms with Crippen molar-refractivity contribution in [3.63, 3.8) is 0 Å². The molecule has 0 radical (unpaired) electrons. The van der Waals surface area contributed by atoms with E-state index < -0.39 is 24.5 Å². The van der Waals surface area contributed by atoms with Gasteiger partial charge in [0.15, 0.2) is 12.6 Å². The van der Waals surface area contributed by atoms with Crippen LogP contribution in [0.2, 0.25) is 0 Å². The summed E-state index contributed by atoms with van der Waals surface area (Å²) in [6, 6.07) is 0. The van der Waals surface area contributed by atoms with E-state index in [1.165, 1.54) is 0 Å². The SMILES string of the molecule is O=C([O-])C(O)O.O=C([O-])C(O)O.[Ca+2]. The minimum Gasteiger partial charge on any atom is -0.545 e. The van der Waals surface area contributed by atoms with E-state index in [1.54, 1.807) is 0 Å². The van der Waals surface area contributed by atoms with Crippen LogP contribution in [0.1, 0.15) is 0 Å². The Kier molecular flexibility index (Phi) is 14.6. The van der Waals surface area contributed by atoms with Crippen LogP contribution in [-0.4, -0.2) is 82.7 Å². The fourth-order valence-electron chi connectivity index (χ4n) is 0.